The fourth-order valence-corrected chi connectivity index (χ4v) is 0. The summed E-state index contributed by atoms with van der Waals surface area (Å²) in [7, 11) is 0. The third kappa shape index (κ3) is 2500. The molecule has 0 aromatic heterocycles. The second kappa shape index (κ2) is 2580. The molecule has 0 aromatic rings. The molecule has 0 bridgehead atoms. The van der Waals surface area contributed by atoms with Gasteiger partial charge in [-0.25, -0.2) is 0 Å². The quantitative estimate of drug-likeness (QED) is 0.204. The lowest BCUT2D eigenvalue weighted by Crippen LogP contribution is -0.382. The molecule has 0 aromatic carbocycles. The van der Waals surface area contributed by atoms with Crippen LogP contribution in [-0.2, 0) is 0 Å². The Kier molecular flexibility index (Phi) is 127000. The molecule has 0 amide bonds. The maximum atomic E-state index is 0. The van der Waals surface area contributed by atoms with E-state index in [2.05, 4.69) is 0 Å². The van der Waals surface area contributed by atoms with Gasteiger partial charge in [0.05, 0.1) is 0 Å². The van der Waals surface area contributed by atoms with Gasteiger partial charge < -0.3 is 219 Å². The van der Waals surface area contributed by atoms with E-state index in [4.69, 9.17) is 0 Å². The standard InChI is InChI=1S/15Mg.40H2O.30H/h;;;;;;;;;;;;;;;40*1H2;;;;;;;;;;;;;;;;;;;;;;;;;;;;;;. The van der Waals surface area contributed by atoms with Gasteiger partial charge in [0.15, 0.2) is 0 Å². The average molecular weight is 1120 g/mol. The van der Waals surface area contributed by atoms with Gasteiger partial charge in [0, 0.05) is 0 Å². The maximum absolute atomic E-state index is 0. The van der Waals surface area contributed by atoms with Crippen molar-refractivity contribution in [1.29, 1.82) is 0 Å². The SMILES string of the molecule is O.O.O.O.O.O.O.O.O.O.O.O.O.O.O.O.O.O.O.O.O.O.O.O.O.O.O.O.O.O.O.O.O.O.O.O.O.O.O.O.[MgH2].[MgH2].[MgH2].[MgH2].[MgH2].[MgH2].[MgH2].[MgH2].[MgH2].[MgH2].[MgH2].[MgH2].[MgH2].[MgH2].[MgH2]. The van der Waals surface area contributed by atoms with Crippen molar-refractivity contribution in [2.45, 2.75) is 0 Å². The molecule has 55 heteroatoms. The zero-order chi connectivity index (χ0) is 0. The molecule has 0 fully saturated rings. The molecule has 0 saturated heterocycles. The van der Waals surface area contributed by atoms with E-state index in [0.717, 1.165) is 0 Å². The lowest BCUT2D eigenvalue weighted by Gasteiger charge is -0.413. The number of rotatable bonds is 0. The first-order chi connectivity index (χ1) is 0. The van der Waals surface area contributed by atoms with Crippen LogP contribution < -0.4 is 0 Å². The third-order valence-electron chi connectivity index (χ3n) is 0. The van der Waals surface area contributed by atoms with Gasteiger partial charge >= 0.3 is 346 Å². The van der Waals surface area contributed by atoms with Crippen LogP contribution in [0.2, 0.25) is 0 Å². The molecule has 80 N–H and O–H groups in total. The first-order valence-corrected chi connectivity index (χ1v) is 0. The van der Waals surface area contributed by atoms with Crippen LogP contribution in [0.15, 0.2) is 0 Å². The Balaban J connectivity index is 0. The van der Waals surface area contributed by atoms with Crippen LogP contribution in [-0.4, -0.2) is 565 Å². The summed E-state index contributed by atoms with van der Waals surface area (Å²) in [4.78, 5) is 0. The summed E-state index contributed by atoms with van der Waals surface area (Å²) >= 11 is 0. The first kappa shape index (κ1) is 2710. The Morgan fingerprint density at radius 1 is 0.0364 bits per heavy atom. The van der Waals surface area contributed by atoms with Gasteiger partial charge in [0.25, 0.3) is 0 Å². The van der Waals surface area contributed by atoms with Gasteiger partial charge in [0.1, 0.15) is 0 Å². The Hall–Kier alpha value is 9.89. The summed E-state index contributed by atoms with van der Waals surface area (Å²) in [5.41, 5.74) is 0. The van der Waals surface area contributed by atoms with Gasteiger partial charge in [-0.3, -0.25) is 0 Å². The molecule has 55 heavy (non-hydrogen) atoms. The van der Waals surface area contributed by atoms with Crippen molar-refractivity contribution < 1.29 is 219 Å². The van der Waals surface area contributed by atoms with E-state index >= 15 is 0 Å². The molecule has 0 spiro atoms. The fourth-order valence-electron chi connectivity index (χ4n) is 0. The van der Waals surface area contributed by atoms with E-state index < -0.39 is 0 Å². The third-order valence-corrected chi connectivity index (χ3v) is 0. The van der Waals surface area contributed by atoms with Gasteiger partial charge in [-0.2, -0.15) is 0 Å². The molecule has 0 aliphatic heterocycles. The minimum absolute atomic E-state index is 0. The normalized spacial score (nSPS) is 0. The highest BCUT2D eigenvalue weighted by atomic mass is 24.3. The fraction of sp³-hybridized carbons (Fsp3) is 0. The van der Waals surface area contributed by atoms with Crippen LogP contribution >= 0.6 is 0 Å². The molecule has 0 saturated carbocycles. The summed E-state index contributed by atoms with van der Waals surface area (Å²) in [6.45, 7) is 0. The van der Waals surface area contributed by atoms with E-state index in [1.807, 2.05) is 0 Å². The summed E-state index contributed by atoms with van der Waals surface area (Å²) in [5, 5.41) is 0. The van der Waals surface area contributed by atoms with Crippen molar-refractivity contribution >= 4 is 346 Å². The molecule has 0 atom stereocenters. The first-order valence-electron chi connectivity index (χ1n) is 0. The molecule has 0 radical (unpaired) electrons. The van der Waals surface area contributed by atoms with Crippen molar-refractivity contribution in [3.63, 3.8) is 0 Å². The maximum Gasteiger partial charge on any atom is 0.316 e. The van der Waals surface area contributed by atoms with Crippen molar-refractivity contribution in [3.8, 4) is 0 Å². The smallest absolute Gasteiger partial charge is 0.316 e. The van der Waals surface area contributed by atoms with Crippen molar-refractivity contribution in [2.24, 2.45) is 0 Å². The van der Waals surface area contributed by atoms with Crippen LogP contribution in [0.3, 0.4) is 0 Å². The molecule has 0 unspecified atom stereocenters. The topological polar surface area (TPSA) is 1260 Å². The molecule has 0 aliphatic rings. The summed E-state index contributed by atoms with van der Waals surface area (Å²) < 4.78 is 0. The Morgan fingerprint density at radius 2 is 0.0364 bits per heavy atom. The highest BCUT2D eigenvalue weighted by Gasteiger charge is 0.331. The minimum Gasteiger partial charge on any atom is -0.412 e. The van der Waals surface area contributed by atoms with E-state index in [1.165, 1.54) is 0 Å². The molecule has 0 heterocycles. The molecular weight excluding hydrogens is 1000 g/mol. The van der Waals surface area contributed by atoms with Crippen molar-refractivity contribution in [2.75, 3.05) is 0 Å². The monoisotopic (exact) mass is 1110 g/mol. The van der Waals surface area contributed by atoms with Gasteiger partial charge in [-0.05, 0) is 0 Å². The van der Waals surface area contributed by atoms with Crippen LogP contribution in [0, 0.1) is 0 Å². The summed E-state index contributed by atoms with van der Waals surface area (Å²) in [6, 6.07) is 0. The van der Waals surface area contributed by atoms with Crippen LogP contribution in [0.25, 0.3) is 0 Å². The number of hydrogen-bond donors (Lipinski definition) is 0. The largest absolute Gasteiger partial charge is 0.412 e. The molecular formula is H110Mg15O40. The zero-order valence-corrected chi connectivity index (χ0v) is 20.0. The predicted molar refractivity (Wildman–Crippen MR) is 273 cm³/mol. The lowest BCUT2D eigenvalue weighted by atomic mass is 16.0. The molecule has 380 valence electrons. The van der Waals surface area contributed by atoms with E-state index in [9.17, 15) is 0 Å². The Labute approximate surface area is 555 Å². The van der Waals surface area contributed by atoms with Crippen LogP contribution in [0.1, 0.15) is 0 Å². The second-order valence-electron chi connectivity index (χ2n) is 0. The zero-order valence-electron chi connectivity index (χ0n) is 20.0. The van der Waals surface area contributed by atoms with Crippen LogP contribution in [0.4, 0.5) is 0 Å². The van der Waals surface area contributed by atoms with Crippen molar-refractivity contribution in [3.05, 3.63) is 0 Å². The number of hydrogen-bond acceptors (Lipinski definition) is 0. The summed E-state index contributed by atoms with van der Waals surface area (Å²) in [6.07, 6.45) is 0. The van der Waals surface area contributed by atoms with Gasteiger partial charge in [0.2, 0.25) is 0 Å². The highest BCUT2D eigenvalue weighted by molar-refractivity contribution is 5.77. The Morgan fingerprint density at radius 3 is 0.0364 bits per heavy atom. The summed E-state index contributed by atoms with van der Waals surface area (Å²) in [5.74, 6) is 0. The minimum atomic E-state index is 0. The molecule has 0 aliphatic carbocycles. The van der Waals surface area contributed by atoms with E-state index in [0.29, 0.717) is 0 Å². The van der Waals surface area contributed by atoms with Crippen molar-refractivity contribution in [1.82, 2.24) is 0 Å². The van der Waals surface area contributed by atoms with Crippen LogP contribution in [0.5, 0.6) is 0 Å². The van der Waals surface area contributed by atoms with E-state index in [1.54, 1.807) is 0 Å². The highest BCUT2D eigenvalue weighted by Crippen LogP contribution is -0.245. The molecule has 0 rings (SSSR count). The van der Waals surface area contributed by atoms with E-state index in [-0.39, 0.29) is 565 Å². The van der Waals surface area contributed by atoms with Gasteiger partial charge in [-0.15, -0.1) is 0 Å². The average Bonchev–Trinajstić information content (AvgIpc) is 0. The lowest BCUT2D eigenvalue weighted by molar-refractivity contribution is 0.823. The molecule has 40 nitrogen and oxygen atoms in total. The predicted octanol–water partition coefficient (Wildman–Crippen LogP) is -46.7. The Bertz CT molecular complexity index is 46.5. The van der Waals surface area contributed by atoms with Gasteiger partial charge in [-0.1, -0.05) is 0 Å². The second-order valence-corrected chi connectivity index (χ2v) is 0.